The molecule has 1 heterocycles. The van der Waals surface area contributed by atoms with Crippen molar-refractivity contribution in [2.45, 2.75) is 12.3 Å². The van der Waals surface area contributed by atoms with Gasteiger partial charge in [0.15, 0.2) is 0 Å². The number of aromatic nitrogens is 1. The number of hydrogen-bond donors (Lipinski definition) is 3. The number of carbonyl (C=O) groups excluding carboxylic acids is 1. The first-order chi connectivity index (χ1) is 11.2. The van der Waals surface area contributed by atoms with E-state index in [1.165, 1.54) is 11.5 Å². The standard InChI is InChI=1S/C17H17N3O2S/c18-8-7-15(11-2-5-14(21)6-3-11)17(22)20-13-4-1-12-10-19-23-16(12)9-13/h1-6,9-10,15,21H,7-8,18H2,(H,20,22). The zero-order valence-corrected chi connectivity index (χ0v) is 13.2. The molecule has 0 aliphatic heterocycles. The van der Waals surface area contributed by atoms with Gasteiger partial charge in [0.25, 0.3) is 0 Å². The zero-order valence-electron chi connectivity index (χ0n) is 12.4. The minimum Gasteiger partial charge on any atom is -0.508 e. The highest BCUT2D eigenvalue weighted by atomic mass is 32.1. The molecule has 5 nitrogen and oxygen atoms in total. The van der Waals surface area contributed by atoms with E-state index >= 15 is 0 Å². The summed E-state index contributed by atoms with van der Waals surface area (Å²) in [5.41, 5.74) is 7.23. The van der Waals surface area contributed by atoms with Crippen molar-refractivity contribution in [3.63, 3.8) is 0 Å². The van der Waals surface area contributed by atoms with Crippen LogP contribution in [0, 0.1) is 0 Å². The van der Waals surface area contributed by atoms with E-state index in [0.717, 1.165) is 21.3 Å². The Kier molecular flexibility index (Phi) is 4.55. The van der Waals surface area contributed by atoms with Crippen LogP contribution in [0.1, 0.15) is 17.9 Å². The Morgan fingerprint density at radius 2 is 2.04 bits per heavy atom. The van der Waals surface area contributed by atoms with Crippen LogP contribution in [0.25, 0.3) is 10.1 Å². The van der Waals surface area contributed by atoms with Gasteiger partial charge in [-0.1, -0.05) is 12.1 Å². The largest absolute Gasteiger partial charge is 0.508 e. The lowest BCUT2D eigenvalue weighted by atomic mass is 9.94. The fourth-order valence-electron chi connectivity index (χ4n) is 2.49. The second kappa shape index (κ2) is 6.76. The van der Waals surface area contributed by atoms with Crippen molar-refractivity contribution >= 4 is 33.2 Å². The maximum atomic E-state index is 12.6. The molecule has 0 aliphatic rings. The van der Waals surface area contributed by atoms with E-state index in [0.29, 0.717) is 13.0 Å². The molecular weight excluding hydrogens is 310 g/mol. The molecule has 4 N–H and O–H groups in total. The minimum atomic E-state index is -0.349. The van der Waals surface area contributed by atoms with Crippen LogP contribution in [0.2, 0.25) is 0 Å². The molecule has 118 valence electrons. The van der Waals surface area contributed by atoms with Gasteiger partial charge in [-0.3, -0.25) is 4.79 Å². The molecule has 0 fully saturated rings. The first-order valence-electron chi connectivity index (χ1n) is 7.31. The van der Waals surface area contributed by atoms with Crippen LogP contribution in [0.15, 0.2) is 48.7 Å². The molecule has 1 aromatic heterocycles. The van der Waals surface area contributed by atoms with Gasteiger partial charge in [0.05, 0.1) is 10.6 Å². The van der Waals surface area contributed by atoms with Crippen LogP contribution < -0.4 is 11.1 Å². The Bertz CT molecular complexity index is 814. The third-order valence-electron chi connectivity index (χ3n) is 3.69. The van der Waals surface area contributed by atoms with Gasteiger partial charge in [0.1, 0.15) is 5.75 Å². The van der Waals surface area contributed by atoms with Gasteiger partial charge in [-0.05, 0) is 60.4 Å². The van der Waals surface area contributed by atoms with E-state index in [1.807, 2.05) is 18.2 Å². The van der Waals surface area contributed by atoms with Gasteiger partial charge in [-0.15, -0.1) is 0 Å². The number of carbonyl (C=O) groups is 1. The number of aromatic hydroxyl groups is 1. The summed E-state index contributed by atoms with van der Waals surface area (Å²) in [5, 5.41) is 13.4. The third-order valence-corrected chi connectivity index (χ3v) is 4.45. The van der Waals surface area contributed by atoms with E-state index in [-0.39, 0.29) is 17.6 Å². The van der Waals surface area contributed by atoms with Crippen LogP contribution in [0.5, 0.6) is 5.75 Å². The zero-order chi connectivity index (χ0) is 16.2. The molecule has 1 atom stereocenters. The summed E-state index contributed by atoms with van der Waals surface area (Å²) in [7, 11) is 0. The molecular formula is C17H17N3O2S. The van der Waals surface area contributed by atoms with Gasteiger partial charge in [-0.25, -0.2) is 0 Å². The number of amides is 1. The lowest BCUT2D eigenvalue weighted by molar-refractivity contribution is -0.117. The Morgan fingerprint density at radius 1 is 1.26 bits per heavy atom. The highest BCUT2D eigenvalue weighted by Gasteiger charge is 2.20. The molecule has 6 heteroatoms. The average Bonchev–Trinajstić information content (AvgIpc) is 3.01. The summed E-state index contributed by atoms with van der Waals surface area (Å²) in [6.07, 6.45) is 2.35. The summed E-state index contributed by atoms with van der Waals surface area (Å²) in [6, 6.07) is 12.4. The fourth-order valence-corrected chi connectivity index (χ4v) is 3.18. The second-order valence-electron chi connectivity index (χ2n) is 5.29. The quantitative estimate of drug-likeness (QED) is 0.672. The normalized spacial score (nSPS) is 12.2. The van der Waals surface area contributed by atoms with Crippen molar-refractivity contribution in [2.24, 2.45) is 5.73 Å². The Hall–Kier alpha value is -2.44. The number of phenols is 1. The molecule has 1 amide bonds. The predicted octanol–water partition coefficient (Wildman–Crippen LogP) is 3.07. The number of nitrogens with one attached hydrogen (secondary N) is 1. The first kappa shape index (κ1) is 15.5. The summed E-state index contributed by atoms with van der Waals surface area (Å²) < 4.78 is 5.16. The van der Waals surface area contributed by atoms with E-state index in [2.05, 4.69) is 9.69 Å². The maximum absolute atomic E-state index is 12.6. The summed E-state index contributed by atoms with van der Waals surface area (Å²) >= 11 is 1.40. The van der Waals surface area contributed by atoms with Crippen molar-refractivity contribution < 1.29 is 9.90 Å². The highest BCUT2D eigenvalue weighted by molar-refractivity contribution is 7.13. The number of nitrogens with zero attached hydrogens (tertiary/aromatic N) is 1. The van der Waals surface area contributed by atoms with Gasteiger partial charge in [0, 0.05) is 17.3 Å². The van der Waals surface area contributed by atoms with Crippen LogP contribution >= 0.6 is 11.5 Å². The SMILES string of the molecule is NCCC(C(=O)Nc1ccc2cnsc2c1)c1ccc(O)cc1. The van der Waals surface area contributed by atoms with Gasteiger partial charge in [0.2, 0.25) is 5.91 Å². The number of benzene rings is 2. The lowest BCUT2D eigenvalue weighted by Crippen LogP contribution is -2.23. The highest BCUT2D eigenvalue weighted by Crippen LogP contribution is 2.26. The molecule has 0 spiro atoms. The van der Waals surface area contributed by atoms with Crippen molar-refractivity contribution in [1.82, 2.24) is 4.37 Å². The van der Waals surface area contributed by atoms with Crippen molar-refractivity contribution in [1.29, 1.82) is 0 Å². The van der Waals surface area contributed by atoms with Crippen molar-refractivity contribution in [3.05, 3.63) is 54.2 Å². The Morgan fingerprint density at radius 3 is 2.78 bits per heavy atom. The molecule has 1 unspecified atom stereocenters. The number of fused-ring (bicyclic) bond motifs is 1. The molecule has 0 aliphatic carbocycles. The summed E-state index contributed by atoms with van der Waals surface area (Å²) in [4.78, 5) is 12.6. The third kappa shape index (κ3) is 3.49. The number of hydrogen-bond acceptors (Lipinski definition) is 5. The number of nitrogens with two attached hydrogens (primary N) is 1. The Labute approximate surface area is 137 Å². The second-order valence-corrected chi connectivity index (χ2v) is 6.12. The van der Waals surface area contributed by atoms with Crippen molar-refractivity contribution in [3.8, 4) is 5.75 Å². The van der Waals surface area contributed by atoms with E-state index in [9.17, 15) is 9.90 Å². The molecule has 0 saturated heterocycles. The van der Waals surface area contributed by atoms with E-state index < -0.39 is 0 Å². The van der Waals surface area contributed by atoms with Gasteiger partial charge < -0.3 is 16.2 Å². The van der Waals surface area contributed by atoms with E-state index in [1.54, 1.807) is 30.5 Å². The molecule has 0 radical (unpaired) electrons. The van der Waals surface area contributed by atoms with E-state index in [4.69, 9.17) is 5.73 Å². The summed E-state index contributed by atoms with van der Waals surface area (Å²) in [5.74, 6) is -0.279. The number of phenolic OH excluding ortho intramolecular Hbond substituents is 1. The predicted molar refractivity (Wildman–Crippen MR) is 92.8 cm³/mol. The molecule has 23 heavy (non-hydrogen) atoms. The Balaban J connectivity index is 1.81. The van der Waals surface area contributed by atoms with Crippen LogP contribution in [0.3, 0.4) is 0 Å². The monoisotopic (exact) mass is 327 g/mol. The number of rotatable bonds is 5. The van der Waals surface area contributed by atoms with Crippen LogP contribution in [0.4, 0.5) is 5.69 Å². The molecule has 2 aromatic carbocycles. The number of anilines is 1. The molecule has 3 aromatic rings. The summed E-state index contributed by atoms with van der Waals surface area (Å²) in [6.45, 7) is 0.410. The van der Waals surface area contributed by atoms with Gasteiger partial charge >= 0.3 is 0 Å². The lowest BCUT2D eigenvalue weighted by Gasteiger charge is -2.16. The van der Waals surface area contributed by atoms with Crippen LogP contribution in [-0.2, 0) is 4.79 Å². The maximum Gasteiger partial charge on any atom is 0.231 e. The average molecular weight is 327 g/mol. The van der Waals surface area contributed by atoms with Gasteiger partial charge in [-0.2, -0.15) is 4.37 Å². The smallest absolute Gasteiger partial charge is 0.231 e. The molecule has 0 bridgehead atoms. The fraction of sp³-hybridized carbons (Fsp3) is 0.176. The topological polar surface area (TPSA) is 88.2 Å². The molecule has 3 rings (SSSR count). The molecule has 0 saturated carbocycles. The van der Waals surface area contributed by atoms with Crippen molar-refractivity contribution in [2.75, 3.05) is 11.9 Å². The first-order valence-corrected chi connectivity index (χ1v) is 8.09. The van der Waals surface area contributed by atoms with Crippen LogP contribution in [-0.4, -0.2) is 21.9 Å². The minimum absolute atomic E-state index is 0.106.